The fourth-order valence-electron chi connectivity index (χ4n) is 3.58. The van der Waals surface area contributed by atoms with Crippen LogP contribution in [0.1, 0.15) is 25.7 Å². The number of nitrogens with zero attached hydrogens (tertiary/aromatic N) is 1. The molecule has 0 aromatic carbocycles. The highest BCUT2D eigenvalue weighted by Crippen LogP contribution is 2.56. The number of ether oxygens (including phenoxy) is 1. The summed E-state index contributed by atoms with van der Waals surface area (Å²) in [5, 5.41) is 0.828. The summed E-state index contributed by atoms with van der Waals surface area (Å²) < 4.78 is 5.59. The molecule has 3 nitrogen and oxygen atoms in total. The number of halogens is 1. The maximum atomic E-state index is 12.4. The lowest BCUT2D eigenvalue weighted by Gasteiger charge is -2.32. The number of fused-ring (bicyclic) bond motifs is 1. The molecular formula is C13H20BrNO2. The number of morpholine rings is 1. The van der Waals surface area contributed by atoms with E-state index in [9.17, 15) is 4.79 Å². The minimum absolute atomic E-state index is 0.188. The van der Waals surface area contributed by atoms with Crippen molar-refractivity contribution in [2.75, 3.05) is 25.0 Å². The summed E-state index contributed by atoms with van der Waals surface area (Å²) in [5.74, 6) is 2.23. The van der Waals surface area contributed by atoms with Crippen LogP contribution in [-0.4, -0.2) is 41.9 Å². The van der Waals surface area contributed by atoms with E-state index in [0.717, 1.165) is 30.3 Å². The Labute approximate surface area is 111 Å². The van der Waals surface area contributed by atoms with E-state index in [-0.39, 0.29) is 6.10 Å². The fraction of sp³-hybridized carbons (Fsp3) is 0.923. The summed E-state index contributed by atoms with van der Waals surface area (Å²) in [7, 11) is 0. The van der Waals surface area contributed by atoms with E-state index in [1.165, 1.54) is 25.7 Å². The van der Waals surface area contributed by atoms with Crippen LogP contribution < -0.4 is 0 Å². The van der Waals surface area contributed by atoms with Crippen molar-refractivity contribution in [2.45, 2.75) is 31.8 Å². The third-order valence-electron chi connectivity index (χ3n) is 4.56. The number of carbonyl (C=O) groups is 1. The molecular weight excluding hydrogens is 282 g/mol. The smallest absolute Gasteiger partial charge is 0.226 e. The second-order valence-electron chi connectivity index (χ2n) is 5.57. The standard InChI is InChI=1S/C13H20BrNO2/c14-7-9-8-15(5-6-17-9)13(16)12-10-3-1-2-4-11(10)12/h9-12H,1-8H2. The molecule has 3 unspecified atom stereocenters. The van der Waals surface area contributed by atoms with Crippen LogP contribution in [0.5, 0.6) is 0 Å². The van der Waals surface area contributed by atoms with Gasteiger partial charge in [0.25, 0.3) is 0 Å². The molecule has 2 aliphatic carbocycles. The van der Waals surface area contributed by atoms with Gasteiger partial charge in [-0.05, 0) is 24.7 Å². The molecule has 0 N–H and O–H groups in total. The van der Waals surface area contributed by atoms with Crippen molar-refractivity contribution in [3.63, 3.8) is 0 Å². The number of rotatable bonds is 2. The molecule has 1 heterocycles. The molecule has 96 valence electrons. The van der Waals surface area contributed by atoms with Crippen molar-refractivity contribution < 1.29 is 9.53 Å². The minimum Gasteiger partial charge on any atom is -0.374 e. The topological polar surface area (TPSA) is 29.5 Å². The van der Waals surface area contributed by atoms with E-state index >= 15 is 0 Å². The molecule has 3 atom stereocenters. The van der Waals surface area contributed by atoms with Gasteiger partial charge in [0, 0.05) is 24.3 Å². The molecule has 4 heteroatoms. The van der Waals surface area contributed by atoms with Crippen LogP contribution in [0.2, 0.25) is 0 Å². The van der Waals surface area contributed by atoms with E-state index in [1.54, 1.807) is 0 Å². The molecule has 0 bridgehead atoms. The van der Waals surface area contributed by atoms with Crippen LogP contribution in [0.15, 0.2) is 0 Å². The van der Waals surface area contributed by atoms with Gasteiger partial charge in [0.1, 0.15) is 0 Å². The molecule has 0 spiro atoms. The van der Waals surface area contributed by atoms with E-state index in [2.05, 4.69) is 15.9 Å². The Morgan fingerprint density at radius 3 is 2.65 bits per heavy atom. The van der Waals surface area contributed by atoms with Crippen molar-refractivity contribution in [1.29, 1.82) is 0 Å². The summed E-state index contributed by atoms with van der Waals surface area (Å²) in [6.07, 6.45) is 5.42. The summed E-state index contributed by atoms with van der Waals surface area (Å²) in [6, 6.07) is 0. The van der Waals surface area contributed by atoms with Crippen molar-refractivity contribution >= 4 is 21.8 Å². The van der Waals surface area contributed by atoms with E-state index < -0.39 is 0 Å². The zero-order chi connectivity index (χ0) is 11.8. The SMILES string of the molecule is O=C(C1C2CCCCC21)N1CCOC(CBr)C1. The lowest BCUT2D eigenvalue weighted by Crippen LogP contribution is -2.47. The van der Waals surface area contributed by atoms with Gasteiger partial charge in [0.2, 0.25) is 5.91 Å². The first-order chi connectivity index (χ1) is 8.31. The quantitative estimate of drug-likeness (QED) is 0.731. The maximum Gasteiger partial charge on any atom is 0.226 e. The van der Waals surface area contributed by atoms with Crippen LogP contribution in [0.25, 0.3) is 0 Å². The Bertz CT molecular complexity index is 298. The summed E-state index contributed by atoms with van der Waals surface area (Å²) in [6.45, 7) is 2.27. The average molecular weight is 302 g/mol. The first-order valence-corrected chi connectivity index (χ1v) is 7.89. The van der Waals surface area contributed by atoms with Crippen molar-refractivity contribution in [2.24, 2.45) is 17.8 Å². The normalized spacial score (nSPS) is 40.9. The van der Waals surface area contributed by atoms with Crippen LogP contribution in [0.4, 0.5) is 0 Å². The lowest BCUT2D eigenvalue weighted by molar-refractivity contribution is -0.139. The monoisotopic (exact) mass is 301 g/mol. The lowest BCUT2D eigenvalue weighted by atomic mass is 10.0. The van der Waals surface area contributed by atoms with E-state index in [4.69, 9.17) is 4.74 Å². The highest BCUT2D eigenvalue weighted by atomic mass is 79.9. The van der Waals surface area contributed by atoms with Crippen LogP contribution in [0.3, 0.4) is 0 Å². The number of alkyl halides is 1. The molecule has 1 saturated heterocycles. The Morgan fingerprint density at radius 2 is 2.00 bits per heavy atom. The third-order valence-corrected chi connectivity index (χ3v) is 5.29. The number of hydrogen-bond donors (Lipinski definition) is 0. The Morgan fingerprint density at radius 1 is 1.29 bits per heavy atom. The molecule has 3 fully saturated rings. The van der Waals surface area contributed by atoms with Gasteiger partial charge in [-0.25, -0.2) is 0 Å². The first-order valence-electron chi connectivity index (χ1n) is 6.77. The summed E-state index contributed by atoms with van der Waals surface area (Å²) in [4.78, 5) is 14.5. The maximum absolute atomic E-state index is 12.4. The zero-order valence-corrected chi connectivity index (χ0v) is 11.7. The largest absolute Gasteiger partial charge is 0.374 e. The van der Waals surface area contributed by atoms with E-state index in [0.29, 0.717) is 18.4 Å². The van der Waals surface area contributed by atoms with Gasteiger partial charge in [0.15, 0.2) is 0 Å². The van der Waals surface area contributed by atoms with Crippen molar-refractivity contribution in [3.05, 3.63) is 0 Å². The van der Waals surface area contributed by atoms with Gasteiger partial charge in [-0.3, -0.25) is 4.79 Å². The van der Waals surface area contributed by atoms with Gasteiger partial charge in [-0.2, -0.15) is 0 Å². The highest BCUT2D eigenvalue weighted by Gasteiger charge is 2.55. The Balaban J connectivity index is 1.59. The first kappa shape index (κ1) is 12.0. The zero-order valence-electron chi connectivity index (χ0n) is 10.1. The van der Waals surface area contributed by atoms with E-state index in [1.807, 2.05) is 4.90 Å². The number of hydrogen-bond acceptors (Lipinski definition) is 2. The third kappa shape index (κ3) is 2.26. The van der Waals surface area contributed by atoms with Gasteiger partial charge < -0.3 is 9.64 Å². The fourth-order valence-corrected chi connectivity index (χ4v) is 3.97. The summed E-state index contributed by atoms with van der Waals surface area (Å²) >= 11 is 3.44. The molecule has 3 rings (SSSR count). The molecule has 1 amide bonds. The Hall–Kier alpha value is -0.0900. The van der Waals surface area contributed by atoms with Gasteiger partial charge in [-0.15, -0.1) is 0 Å². The van der Waals surface area contributed by atoms with Crippen LogP contribution in [-0.2, 0) is 9.53 Å². The molecule has 0 aromatic rings. The van der Waals surface area contributed by atoms with Crippen LogP contribution in [0, 0.1) is 17.8 Å². The molecule has 0 aromatic heterocycles. The Kier molecular flexibility index (Phi) is 3.44. The van der Waals surface area contributed by atoms with Gasteiger partial charge in [-0.1, -0.05) is 28.8 Å². The van der Waals surface area contributed by atoms with Crippen molar-refractivity contribution in [1.82, 2.24) is 4.90 Å². The second kappa shape index (κ2) is 4.88. The molecule has 1 aliphatic heterocycles. The predicted molar refractivity (Wildman–Crippen MR) is 69.1 cm³/mol. The predicted octanol–water partition coefficient (Wildman–Crippen LogP) is 2.04. The average Bonchev–Trinajstić information content (AvgIpc) is 3.12. The number of amides is 1. The second-order valence-corrected chi connectivity index (χ2v) is 6.22. The molecule has 17 heavy (non-hydrogen) atoms. The molecule has 2 saturated carbocycles. The molecule has 3 aliphatic rings. The van der Waals surface area contributed by atoms with Crippen molar-refractivity contribution in [3.8, 4) is 0 Å². The minimum atomic E-state index is 0.188. The number of carbonyl (C=O) groups excluding carboxylic acids is 1. The molecule has 0 radical (unpaired) electrons. The summed E-state index contributed by atoms with van der Waals surface area (Å²) in [5.41, 5.74) is 0. The highest BCUT2D eigenvalue weighted by molar-refractivity contribution is 9.09. The van der Waals surface area contributed by atoms with Crippen LogP contribution >= 0.6 is 15.9 Å². The van der Waals surface area contributed by atoms with Gasteiger partial charge >= 0.3 is 0 Å². The van der Waals surface area contributed by atoms with Gasteiger partial charge in [0.05, 0.1) is 12.7 Å².